The average Bonchev–Trinajstić information content (AvgIpc) is 3.72. The van der Waals surface area contributed by atoms with E-state index in [9.17, 15) is 32.8 Å². The zero-order valence-electron chi connectivity index (χ0n) is 32.9. The monoisotopic (exact) mass is 837 g/mol. The maximum absolute atomic E-state index is 14.1. The number of nitrogens with one attached hydrogen (secondary N) is 2. The number of alkyl halides is 2. The lowest BCUT2D eigenvalue weighted by Crippen LogP contribution is -2.54. The van der Waals surface area contributed by atoms with E-state index in [1.807, 2.05) is 48.7 Å². The van der Waals surface area contributed by atoms with Gasteiger partial charge >= 0.3 is 0 Å². The molecule has 1 aliphatic carbocycles. The third kappa shape index (κ3) is 9.62. The molecule has 1 saturated heterocycles. The van der Waals surface area contributed by atoms with Gasteiger partial charge in [-0.15, -0.1) is 0 Å². The van der Waals surface area contributed by atoms with Crippen molar-refractivity contribution in [3.05, 3.63) is 89.1 Å². The van der Waals surface area contributed by atoms with E-state index in [1.54, 1.807) is 12.1 Å². The van der Waals surface area contributed by atoms with Crippen LogP contribution < -0.4 is 16.4 Å². The summed E-state index contributed by atoms with van der Waals surface area (Å²) < 4.78 is 41.6. The maximum atomic E-state index is 14.1. The molecule has 2 fully saturated rings. The molecule has 5 amide bonds. The molecule has 1 unspecified atom stereocenters. The fourth-order valence-corrected chi connectivity index (χ4v) is 8.06. The van der Waals surface area contributed by atoms with Gasteiger partial charge in [-0.3, -0.25) is 34.2 Å². The van der Waals surface area contributed by atoms with Crippen molar-refractivity contribution in [1.82, 2.24) is 14.8 Å². The molecule has 2 aliphatic heterocycles. The number of anilines is 1. The summed E-state index contributed by atoms with van der Waals surface area (Å²) in [6.07, 6.45) is 4.28. The highest BCUT2D eigenvalue weighted by Crippen LogP contribution is 2.42. The van der Waals surface area contributed by atoms with E-state index < -0.39 is 35.6 Å². The molecule has 1 aromatic heterocycles. The molecule has 15 heteroatoms. The average molecular weight is 838 g/mol. The van der Waals surface area contributed by atoms with E-state index >= 15 is 0 Å². The van der Waals surface area contributed by atoms with E-state index in [1.165, 1.54) is 6.07 Å². The van der Waals surface area contributed by atoms with Crippen LogP contribution in [0.3, 0.4) is 0 Å². The Kier molecular flexibility index (Phi) is 13.1. The Hall–Kier alpha value is -5.82. The number of nitrogens with two attached hydrogens (primary N) is 1. The van der Waals surface area contributed by atoms with Gasteiger partial charge in [0, 0.05) is 91.9 Å². The van der Waals surface area contributed by atoms with Crippen molar-refractivity contribution < 1.29 is 42.2 Å². The SMILES string of the molecule is NC(=S)c1cccc(-c2cn(C3CCC(F)(F)CC3)c3cc(NC(=O)CCCOCCCOCCC#Cc4cccc5c4C(=O)N(C4CCC(=O)NC4=O)C5=O)ccc23)c1. The molecular weight excluding hydrogens is 793 g/mol. The smallest absolute Gasteiger partial charge is 0.263 e. The van der Waals surface area contributed by atoms with Crippen LogP contribution >= 0.6 is 12.2 Å². The van der Waals surface area contributed by atoms with Gasteiger partial charge in [-0.25, -0.2) is 8.78 Å². The fourth-order valence-electron chi connectivity index (χ4n) is 7.93. The number of hydrogen-bond acceptors (Lipinski definition) is 8. The first-order valence-corrected chi connectivity index (χ1v) is 20.5. The second-order valence-electron chi connectivity index (χ2n) is 15.2. The summed E-state index contributed by atoms with van der Waals surface area (Å²) in [6.45, 7) is 1.64. The number of rotatable bonds is 15. The van der Waals surface area contributed by atoms with Gasteiger partial charge < -0.3 is 25.1 Å². The minimum absolute atomic E-state index is 0.0435. The Morgan fingerprint density at radius 3 is 2.43 bits per heavy atom. The molecule has 3 heterocycles. The summed E-state index contributed by atoms with van der Waals surface area (Å²) in [5.74, 6) is 0.836. The summed E-state index contributed by atoms with van der Waals surface area (Å²) >= 11 is 5.19. The largest absolute Gasteiger partial charge is 0.389 e. The van der Waals surface area contributed by atoms with Crippen molar-refractivity contribution in [1.29, 1.82) is 0 Å². The minimum atomic E-state index is -2.66. The Morgan fingerprint density at radius 2 is 1.67 bits per heavy atom. The Bertz CT molecular complexity index is 2410. The number of hydrogen-bond donors (Lipinski definition) is 3. The third-order valence-electron chi connectivity index (χ3n) is 11.0. The van der Waals surface area contributed by atoms with Crippen LogP contribution in [-0.4, -0.2) is 82.4 Å². The fraction of sp³-hybridized carbons (Fsp3) is 0.378. The Balaban J connectivity index is 0.832. The van der Waals surface area contributed by atoms with Crippen LogP contribution in [0.2, 0.25) is 0 Å². The van der Waals surface area contributed by atoms with Crippen molar-refractivity contribution in [3.8, 4) is 23.0 Å². The van der Waals surface area contributed by atoms with Crippen LogP contribution in [0.5, 0.6) is 0 Å². The number of aromatic nitrogens is 1. The van der Waals surface area contributed by atoms with Crippen molar-refractivity contribution in [2.75, 3.05) is 31.7 Å². The quantitative estimate of drug-likeness (QED) is 0.0514. The number of thiocarbonyl (C=S) groups is 1. The topological polar surface area (TPSA) is 162 Å². The van der Waals surface area contributed by atoms with Crippen LogP contribution in [0.15, 0.2) is 66.9 Å². The lowest BCUT2D eigenvalue weighted by molar-refractivity contribution is -0.136. The predicted molar refractivity (Wildman–Crippen MR) is 224 cm³/mol. The van der Waals surface area contributed by atoms with Gasteiger partial charge in [0.05, 0.1) is 23.3 Å². The second-order valence-corrected chi connectivity index (χ2v) is 15.6. The number of ether oxygens (including phenoxy) is 2. The Morgan fingerprint density at radius 1 is 0.917 bits per heavy atom. The molecular formula is C45H45F2N5O7S. The number of carbonyl (C=O) groups is 5. The van der Waals surface area contributed by atoms with Gasteiger partial charge in [0.25, 0.3) is 11.8 Å². The van der Waals surface area contributed by atoms with Gasteiger partial charge in [-0.2, -0.15) is 0 Å². The standard InChI is InChI=1S/C45H45F2N5O7S/c46-45(47)19-17-32(18-20-45)51-27-35(29-9-3-10-30(25-29)41(48)60)33-14-13-31(26-37(33)51)49-38(53)12-5-22-59-24-6-23-58-21-2-1-7-28-8-4-11-34-40(28)44(57)52(43(34)56)36-15-16-39(54)50-42(36)55/h3-4,8-11,13-14,25-27,32,36H,2,5-6,12,15-24H2,(H2,48,60)(H,49,53)(H,50,54,55). The van der Waals surface area contributed by atoms with E-state index in [-0.39, 0.29) is 60.2 Å². The molecule has 0 radical (unpaired) electrons. The number of nitrogens with zero attached hydrogens (tertiary/aromatic N) is 2. The van der Waals surface area contributed by atoms with Gasteiger partial charge in [0.1, 0.15) is 11.0 Å². The molecule has 0 bridgehead atoms. The predicted octanol–water partition coefficient (Wildman–Crippen LogP) is 6.68. The van der Waals surface area contributed by atoms with Crippen LogP contribution in [0.4, 0.5) is 14.5 Å². The van der Waals surface area contributed by atoms with Crippen LogP contribution in [0, 0.1) is 11.8 Å². The molecule has 1 saturated carbocycles. The van der Waals surface area contributed by atoms with Gasteiger partial charge in [-0.05, 0) is 68.0 Å². The molecule has 4 N–H and O–H groups in total. The summed E-state index contributed by atoms with van der Waals surface area (Å²) in [5.41, 5.74) is 10.7. The third-order valence-corrected chi connectivity index (χ3v) is 11.2. The zero-order valence-corrected chi connectivity index (χ0v) is 33.7. The molecule has 312 valence electrons. The number of fused-ring (bicyclic) bond motifs is 2. The van der Waals surface area contributed by atoms with E-state index in [0.717, 1.165) is 32.5 Å². The van der Waals surface area contributed by atoms with Gasteiger partial charge in [0.2, 0.25) is 23.6 Å². The van der Waals surface area contributed by atoms with Crippen LogP contribution in [0.25, 0.3) is 22.0 Å². The summed E-state index contributed by atoms with van der Waals surface area (Å²) in [7, 11) is 0. The minimum Gasteiger partial charge on any atom is -0.389 e. The second kappa shape index (κ2) is 18.6. The highest BCUT2D eigenvalue weighted by Gasteiger charge is 2.45. The maximum Gasteiger partial charge on any atom is 0.263 e. The van der Waals surface area contributed by atoms with Crippen molar-refractivity contribution in [2.24, 2.45) is 5.73 Å². The van der Waals surface area contributed by atoms with Crippen molar-refractivity contribution >= 4 is 63.3 Å². The molecule has 7 rings (SSSR count). The molecule has 4 aromatic rings. The molecule has 12 nitrogen and oxygen atoms in total. The normalized spacial score (nSPS) is 17.6. The van der Waals surface area contributed by atoms with Crippen molar-refractivity contribution in [3.63, 3.8) is 0 Å². The molecule has 60 heavy (non-hydrogen) atoms. The van der Waals surface area contributed by atoms with Crippen LogP contribution in [-0.2, 0) is 23.9 Å². The van der Waals surface area contributed by atoms with E-state index in [4.69, 9.17) is 27.4 Å². The van der Waals surface area contributed by atoms with Crippen molar-refractivity contribution in [2.45, 2.75) is 82.2 Å². The number of carbonyl (C=O) groups excluding carboxylic acids is 5. The molecule has 0 spiro atoms. The van der Waals surface area contributed by atoms with E-state index in [0.29, 0.717) is 69.8 Å². The number of imide groups is 2. The number of benzene rings is 3. The molecule has 3 aromatic carbocycles. The van der Waals surface area contributed by atoms with E-state index in [2.05, 4.69) is 27.0 Å². The highest BCUT2D eigenvalue weighted by atomic mass is 32.1. The van der Waals surface area contributed by atoms with Gasteiger partial charge in [-0.1, -0.05) is 54.4 Å². The molecule has 1 atom stereocenters. The molecule has 3 aliphatic rings. The zero-order chi connectivity index (χ0) is 42.4. The van der Waals surface area contributed by atoms with Crippen LogP contribution in [0.1, 0.15) is 102 Å². The number of amides is 5. The van der Waals surface area contributed by atoms with Gasteiger partial charge in [0.15, 0.2) is 0 Å². The highest BCUT2D eigenvalue weighted by molar-refractivity contribution is 7.80. The Labute approximate surface area is 351 Å². The number of piperidine rings is 1. The number of halogens is 2. The first-order chi connectivity index (χ1) is 28.9. The summed E-state index contributed by atoms with van der Waals surface area (Å²) in [4.78, 5) is 64.3. The lowest BCUT2D eigenvalue weighted by atomic mass is 9.92. The first-order valence-electron chi connectivity index (χ1n) is 20.1. The first kappa shape index (κ1) is 42.3. The summed E-state index contributed by atoms with van der Waals surface area (Å²) in [5, 5.41) is 6.10. The lowest BCUT2D eigenvalue weighted by Gasteiger charge is -2.29. The summed E-state index contributed by atoms with van der Waals surface area (Å²) in [6, 6.07) is 17.0.